The van der Waals surface area contributed by atoms with E-state index in [-0.39, 0.29) is 18.0 Å². The molecule has 0 saturated heterocycles. The molecule has 8 heteroatoms. The Morgan fingerprint density at radius 2 is 2.04 bits per heavy atom. The van der Waals surface area contributed by atoms with Crippen LogP contribution in [-0.2, 0) is 11.3 Å². The van der Waals surface area contributed by atoms with E-state index in [1.807, 2.05) is 13.8 Å². The van der Waals surface area contributed by atoms with Crippen LogP contribution >= 0.6 is 0 Å². The molecule has 25 heavy (non-hydrogen) atoms. The van der Waals surface area contributed by atoms with Gasteiger partial charge in [0.2, 0.25) is 0 Å². The van der Waals surface area contributed by atoms with Gasteiger partial charge in [0, 0.05) is 36.7 Å². The van der Waals surface area contributed by atoms with Crippen LogP contribution in [0.5, 0.6) is 0 Å². The number of carbonyl (C=O) groups excluding carboxylic acids is 2. The molecule has 0 fully saturated rings. The summed E-state index contributed by atoms with van der Waals surface area (Å²) in [7, 11) is 1.62. The first-order chi connectivity index (χ1) is 12.0. The Kier molecular flexibility index (Phi) is 6.53. The molecule has 1 aromatic carbocycles. The van der Waals surface area contributed by atoms with E-state index in [0.29, 0.717) is 30.2 Å². The lowest BCUT2D eigenvalue weighted by Gasteiger charge is -2.11. The second-order valence-corrected chi connectivity index (χ2v) is 5.74. The van der Waals surface area contributed by atoms with E-state index >= 15 is 0 Å². The molecule has 0 atom stereocenters. The second kappa shape index (κ2) is 8.84. The molecule has 134 valence electrons. The van der Waals surface area contributed by atoms with E-state index in [0.717, 1.165) is 0 Å². The summed E-state index contributed by atoms with van der Waals surface area (Å²) in [4.78, 5) is 24.1. The quantitative estimate of drug-likeness (QED) is 0.717. The third-order valence-corrected chi connectivity index (χ3v) is 3.21. The number of amides is 3. The molecule has 8 nitrogen and oxygen atoms in total. The van der Waals surface area contributed by atoms with E-state index in [9.17, 15) is 9.59 Å². The van der Waals surface area contributed by atoms with Crippen LogP contribution in [0.1, 0.15) is 24.2 Å². The molecule has 3 N–H and O–H groups in total. The zero-order valence-corrected chi connectivity index (χ0v) is 14.6. The molecule has 0 spiro atoms. The number of aromatic nitrogens is 2. The summed E-state index contributed by atoms with van der Waals surface area (Å²) in [6.45, 7) is 4.89. The van der Waals surface area contributed by atoms with E-state index < -0.39 is 0 Å². The molecule has 0 radical (unpaired) electrons. The van der Waals surface area contributed by atoms with Gasteiger partial charge in [-0.05, 0) is 32.0 Å². The van der Waals surface area contributed by atoms with Crippen LogP contribution in [-0.4, -0.2) is 41.5 Å². The maximum atomic E-state index is 12.3. The van der Waals surface area contributed by atoms with Gasteiger partial charge >= 0.3 is 6.03 Å². The van der Waals surface area contributed by atoms with E-state index in [1.165, 1.54) is 0 Å². The zero-order valence-electron chi connectivity index (χ0n) is 14.6. The van der Waals surface area contributed by atoms with Crippen LogP contribution in [0.3, 0.4) is 0 Å². The summed E-state index contributed by atoms with van der Waals surface area (Å²) < 4.78 is 6.67. The number of hydrogen-bond donors (Lipinski definition) is 3. The van der Waals surface area contributed by atoms with Gasteiger partial charge in [-0.1, -0.05) is 6.07 Å². The largest absolute Gasteiger partial charge is 0.383 e. The Morgan fingerprint density at radius 3 is 2.76 bits per heavy atom. The molecule has 1 aromatic heterocycles. The van der Waals surface area contributed by atoms with E-state index in [2.05, 4.69) is 21.0 Å². The highest BCUT2D eigenvalue weighted by atomic mass is 16.5. The number of ether oxygens (including phenoxy) is 1. The van der Waals surface area contributed by atoms with Crippen molar-refractivity contribution in [1.29, 1.82) is 0 Å². The van der Waals surface area contributed by atoms with Gasteiger partial charge in [-0.15, -0.1) is 0 Å². The zero-order chi connectivity index (χ0) is 18.2. The molecule has 2 rings (SSSR count). The predicted octanol–water partition coefficient (Wildman–Crippen LogP) is 2.31. The highest BCUT2D eigenvalue weighted by Crippen LogP contribution is 2.13. The Bertz CT molecular complexity index is 727. The lowest BCUT2D eigenvalue weighted by molar-refractivity contribution is 0.102. The van der Waals surface area contributed by atoms with Gasteiger partial charge in [-0.3, -0.25) is 9.48 Å². The fourth-order valence-corrected chi connectivity index (χ4v) is 2.09. The second-order valence-electron chi connectivity index (χ2n) is 5.74. The summed E-state index contributed by atoms with van der Waals surface area (Å²) >= 11 is 0. The van der Waals surface area contributed by atoms with E-state index in [4.69, 9.17) is 4.74 Å². The highest BCUT2D eigenvalue weighted by molar-refractivity contribution is 6.04. The topological polar surface area (TPSA) is 97.3 Å². The lowest BCUT2D eigenvalue weighted by Crippen LogP contribution is -2.34. The summed E-state index contributed by atoms with van der Waals surface area (Å²) in [6, 6.07) is 8.13. The molecular formula is C17H23N5O3. The summed E-state index contributed by atoms with van der Waals surface area (Å²) in [5.41, 5.74) is 0.963. The molecule has 0 aliphatic carbocycles. The van der Waals surface area contributed by atoms with E-state index in [1.54, 1.807) is 48.3 Å². The third kappa shape index (κ3) is 5.92. The first-order valence-corrected chi connectivity index (χ1v) is 7.99. The van der Waals surface area contributed by atoms with Crippen molar-refractivity contribution in [3.05, 3.63) is 42.1 Å². The minimum Gasteiger partial charge on any atom is -0.383 e. The van der Waals surface area contributed by atoms with Gasteiger partial charge < -0.3 is 20.7 Å². The third-order valence-electron chi connectivity index (χ3n) is 3.21. The molecule has 2 aromatic rings. The van der Waals surface area contributed by atoms with Crippen molar-refractivity contribution < 1.29 is 14.3 Å². The highest BCUT2D eigenvalue weighted by Gasteiger charge is 2.10. The van der Waals surface area contributed by atoms with Gasteiger partial charge in [-0.25, -0.2) is 4.79 Å². The normalized spacial score (nSPS) is 10.6. The number of rotatable bonds is 7. The van der Waals surface area contributed by atoms with Crippen LogP contribution in [0.2, 0.25) is 0 Å². The Balaban J connectivity index is 1.98. The smallest absolute Gasteiger partial charge is 0.319 e. The van der Waals surface area contributed by atoms with Gasteiger partial charge in [0.15, 0.2) is 5.82 Å². The number of benzene rings is 1. The molecule has 0 saturated carbocycles. The number of carbonyl (C=O) groups is 2. The molecule has 3 amide bonds. The fraction of sp³-hybridized carbons (Fsp3) is 0.353. The minimum atomic E-state index is -0.315. The van der Waals surface area contributed by atoms with Crippen molar-refractivity contribution in [1.82, 2.24) is 15.1 Å². The van der Waals surface area contributed by atoms with Crippen molar-refractivity contribution in [3.8, 4) is 0 Å². The number of urea groups is 1. The first-order valence-electron chi connectivity index (χ1n) is 7.99. The van der Waals surface area contributed by atoms with Gasteiger partial charge in [0.1, 0.15) is 0 Å². The summed E-state index contributed by atoms with van der Waals surface area (Å²) in [6.07, 6.45) is 1.77. The van der Waals surface area contributed by atoms with Crippen molar-refractivity contribution in [2.45, 2.75) is 26.4 Å². The number of hydrogen-bond acceptors (Lipinski definition) is 4. The summed E-state index contributed by atoms with van der Waals surface area (Å²) in [5, 5.41) is 12.4. The molecule has 0 aliphatic rings. The first kappa shape index (κ1) is 18.5. The monoisotopic (exact) mass is 345 g/mol. The number of nitrogens with one attached hydrogen (secondary N) is 3. The van der Waals surface area contributed by atoms with Crippen molar-refractivity contribution in [2.24, 2.45) is 0 Å². The fourth-order valence-electron chi connectivity index (χ4n) is 2.09. The molecule has 0 unspecified atom stereocenters. The van der Waals surface area contributed by atoms with Gasteiger partial charge in [0.05, 0.1) is 13.2 Å². The molecule has 1 heterocycles. The minimum absolute atomic E-state index is 0.0275. The average molecular weight is 345 g/mol. The predicted molar refractivity (Wildman–Crippen MR) is 95.8 cm³/mol. The van der Waals surface area contributed by atoms with Crippen LogP contribution in [0, 0.1) is 0 Å². The number of methoxy groups -OCH3 is 1. The van der Waals surface area contributed by atoms with Crippen LogP contribution < -0.4 is 16.0 Å². The Morgan fingerprint density at radius 1 is 1.24 bits per heavy atom. The van der Waals surface area contributed by atoms with Crippen molar-refractivity contribution in [3.63, 3.8) is 0 Å². The number of nitrogens with zero attached hydrogens (tertiary/aromatic N) is 2. The maximum absolute atomic E-state index is 12.3. The van der Waals surface area contributed by atoms with Crippen LogP contribution in [0.15, 0.2) is 36.5 Å². The van der Waals surface area contributed by atoms with Crippen molar-refractivity contribution >= 4 is 23.4 Å². The van der Waals surface area contributed by atoms with Crippen LogP contribution in [0.4, 0.5) is 16.3 Å². The number of anilines is 2. The summed E-state index contributed by atoms with van der Waals surface area (Å²) in [5.74, 6) is 0.155. The Hall–Kier alpha value is -2.87. The standard InChI is InChI=1S/C17H23N5O3/c1-12(2)18-17(24)19-14-6-4-5-13(11-14)16(23)20-15-7-8-22(21-15)9-10-25-3/h4-8,11-12H,9-10H2,1-3H3,(H2,18,19,24)(H,20,21,23). The molecule has 0 aliphatic heterocycles. The SMILES string of the molecule is COCCn1ccc(NC(=O)c2cccc(NC(=O)NC(C)C)c2)n1. The van der Waals surface area contributed by atoms with Gasteiger partial charge in [0.25, 0.3) is 5.91 Å². The average Bonchev–Trinajstić information content (AvgIpc) is 2.99. The molecular weight excluding hydrogens is 322 g/mol. The Labute approximate surface area is 146 Å². The van der Waals surface area contributed by atoms with Crippen molar-refractivity contribution in [2.75, 3.05) is 24.4 Å². The van der Waals surface area contributed by atoms with Crippen LogP contribution in [0.25, 0.3) is 0 Å². The molecule has 0 bridgehead atoms. The van der Waals surface area contributed by atoms with Gasteiger partial charge in [-0.2, -0.15) is 5.10 Å². The maximum Gasteiger partial charge on any atom is 0.319 e. The lowest BCUT2D eigenvalue weighted by atomic mass is 10.2.